The van der Waals surface area contributed by atoms with E-state index in [1.807, 2.05) is 23.0 Å². The summed E-state index contributed by atoms with van der Waals surface area (Å²) in [5.74, 6) is 1.05. The van der Waals surface area contributed by atoms with E-state index in [1.54, 1.807) is 12.5 Å². The molecule has 0 amide bonds. The van der Waals surface area contributed by atoms with E-state index in [0.717, 1.165) is 24.3 Å². The van der Waals surface area contributed by atoms with Crippen LogP contribution in [-0.2, 0) is 6.54 Å². The van der Waals surface area contributed by atoms with Crippen LogP contribution in [0.5, 0.6) is 0 Å². The van der Waals surface area contributed by atoms with E-state index in [2.05, 4.69) is 24.3 Å². The number of nitrogens with zero attached hydrogens (tertiary/aromatic N) is 2. The van der Waals surface area contributed by atoms with Gasteiger partial charge in [0.1, 0.15) is 5.82 Å². The highest BCUT2D eigenvalue weighted by molar-refractivity contribution is 5.85. The molecule has 5 heteroatoms. The molecule has 0 aliphatic rings. The average molecular weight is 256 g/mol. The predicted octanol–water partition coefficient (Wildman–Crippen LogP) is 3.48. The number of hydrogen-bond donors (Lipinski definition) is 1. The lowest BCUT2D eigenvalue weighted by Crippen LogP contribution is -2.11. The summed E-state index contributed by atoms with van der Waals surface area (Å²) in [5, 5.41) is 7.67. The average Bonchev–Trinajstić information content (AvgIpc) is 2.96. The van der Waals surface area contributed by atoms with Crippen LogP contribution in [0.3, 0.4) is 0 Å². The molecule has 2 rings (SSSR count). The van der Waals surface area contributed by atoms with Crippen LogP contribution in [0.15, 0.2) is 35.3 Å². The van der Waals surface area contributed by atoms with Crippen LogP contribution in [0.25, 0.3) is 0 Å². The van der Waals surface area contributed by atoms with Gasteiger partial charge in [0, 0.05) is 18.2 Å². The van der Waals surface area contributed by atoms with Gasteiger partial charge in [0.05, 0.1) is 24.8 Å². The Morgan fingerprint density at radius 2 is 2.29 bits per heavy atom. The van der Waals surface area contributed by atoms with Gasteiger partial charge in [-0.05, 0) is 19.4 Å². The van der Waals surface area contributed by atoms with Gasteiger partial charge < -0.3 is 9.73 Å². The lowest BCUT2D eigenvalue weighted by atomic mass is 10.3. The SMILES string of the molecule is CCC(C)n1nccc1NCc1ccoc1.Cl. The summed E-state index contributed by atoms with van der Waals surface area (Å²) in [6, 6.07) is 4.37. The summed E-state index contributed by atoms with van der Waals surface area (Å²) in [6.45, 7) is 5.08. The van der Waals surface area contributed by atoms with Gasteiger partial charge in [-0.1, -0.05) is 6.92 Å². The van der Waals surface area contributed by atoms with Gasteiger partial charge in [0.15, 0.2) is 0 Å². The van der Waals surface area contributed by atoms with E-state index >= 15 is 0 Å². The van der Waals surface area contributed by atoms with Crippen LogP contribution in [0.1, 0.15) is 31.9 Å². The summed E-state index contributed by atoms with van der Waals surface area (Å²) >= 11 is 0. The van der Waals surface area contributed by atoms with Gasteiger partial charge in [-0.3, -0.25) is 0 Å². The molecule has 17 heavy (non-hydrogen) atoms. The first-order chi connectivity index (χ1) is 7.81. The molecule has 0 bridgehead atoms. The molecule has 0 radical (unpaired) electrons. The van der Waals surface area contributed by atoms with Crippen molar-refractivity contribution in [2.75, 3.05) is 5.32 Å². The standard InChI is InChI=1S/C12H17N3O.ClH/c1-3-10(2)15-12(4-6-14-15)13-8-11-5-7-16-9-11;/h4-7,9-10,13H,3,8H2,1-2H3;1H. The number of hydrogen-bond acceptors (Lipinski definition) is 3. The highest BCUT2D eigenvalue weighted by atomic mass is 35.5. The van der Waals surface area contributed by atoms with Crippen molar-refractivity contribution >= 4 is 18.2 Å². The van der Waals surface area contributed by atoms with Crippen LogP contribution in [0.4, 0.5) is 5.82 Å². The second kappa shape index (κ2) is 6.35. The molecule has 2 heterocycles. The number of aromatic nitrogens is 2. The molecular weight excluding hydrogens is 238 g/mol. The molecule has 0 saturated carbocycles. The largest absolute Gasteiger partial charge is 0.472 e. The molecule has 0 aliphatic carbocycles. The molecule has 2 aromatic rings. The van der Waals surface area contributed by atoms with Gasteiger partial charge in [-0.25, -0.2) is 4.68 Å². The van der Waals surface area contributed by atoms with Crippen LogP contribution >= 0.6 is 12.4 Å². The van der Waals surface area contributed by atoms with Crippen molar-refractivity contribution in [3.05, 3.63) is 36.4 Å². The van der Waals surface area contributed by atoms with Crippen molar-refractivity contribution in [1.29, 1.82) is 0 Å². The summed E-state index contributed by atoms with van der Waals surface area (Å²) in [7, 11) is 0. The first-order valence-electron chi connectivity index (χ1n) is 5.59. The van der Waals surface area contributed by atoms with E-state index in [1.165, 1.54) is 0 Å². The molecule has 2 aromatic heterocycles. The Balaban J connectivity index is 0.00000144. The number of nitrogens with one attached hydrogen (secondary N) is 1. The van der Waals surface area contributed by atoms with Gasteiger partial charge >= 0.3 is 0 Å². The zero-order valence-corrected chi connectivity index (χ0v) is 10.9. The highest BCUT2D eigenvalue weighted by Crippen LogP contribution is 2.17. The van der Waals surface area contributed by atoms with E-state index < -0.39 is 0 Å². The zero-order chi connectivity index (χ0) is 11.4. The minimum absolute atomic E-state index is 0. The molecular formula is C12H18ClN3O. The minimum Gasteiger partial charge on any atom is -0.472 e. The zero-order valence-electron chi connectivity index (χ0n) is 10.1. The third kappa shape index (κ3) is 3.27. The fourth-order valence-electron chi connectivity index (χ4n) is 1.56. The van der Waals surface area contributed by atoms with Crippen molar-refractivity contribution < 1.29 is 4.42 Å². The third-order valence-corrected chi connectivity index (χ3v) is 2.73. The van der Waals surface area contributed by atoms with Crippen LogP contribution in [-0.4, -0.2) is 9.78 Å². The smallest absolute Gasteiger partial charge is 0.124 e. The summed E-state index contributed by atoms with van der Waals surface area (Å²) < 4.78 is 7.03. The van der Waals surface area contributed by atoms with E-state index in [9.17, 15) is 0 Å². The van der Waals surface area contributed by atoms with Gasteiger partial charge in [-0.15, -0.1) is 12.4 Å². The Morgan fingerprint density at radius 1 is 1.47 bits per heavy atom. The lowest BCUT2D eigenvalue weighted by Gasteiger charge is -2.14. The number of furan rings is 1. The Kier molecular flexibility index (Phi) is 5.10. The monoisotopic (exact) mass is 255 g/mol. The summed E-state index contributed by atoms with van der Waals surface area (Å²) in [6.07, 6.45) is 6.33. The first-order valence-corrected chi connectivity index (χ1v) is 5.59. The maximum atomic E-state index is 5.02. The van der Waals surface area contributed by atoms with Crippen molar-refractivity contribution in [3.63, 3.8) is 0 Å². The predicted molar refractivity (Wildman–Crippen MR) is 70.5 cm³/mol. The Hall–Kier alpha value is -1.42. The number of anilines is 1. The minimum atomic E-state index is 0. The molecule has 1 atom stereocenters. The molecule has 1 N–H and O–H groups in total. The van der Waals surface area contributed by atoms with Crippen molar-refractivity contribution in [1.82, 2.24) is 9.78 Å². The normalized spacial score (nSPS) is 11.9. The fraction of sp³-hybridized carbons (Fsp3) is 0.417. The lowest BCUT2D eigenvalue weighted by molar-refractivity contribution is 0.482. The molecule has 0 spiro atoms. The second-order valence-electron chi connectivity index (χ2n) is 3.90. The van der Waals surface area contributed by atoms with Gasteiger partial charge in [0.2, 0.25) is 0 Å². The summed E-state index contributed by atoms with van der Waals surface area (Å²) in [5.41, 5.74) is 1.14. The van der Waals surface area contributed by atoms with Crippen LogP contribution in [0, 0.1) is 0 Å². The molecule has 0 aliphatic heterocycles. The second-order valence-corrected chi connectivity index (χ2v) is 3.90. The molecule has 0 fully saturated rings. The number of halogens is 1. The van der Waals surface area contributed by atoms with Crippen molar-refractivity contribution in [3.8, 4) is 0 Å². The van der Waals surface area contributed by atoms with Crippen LogP contribution < -0.4 is 5.32 Å². The molecule has 1 unspecified atom stereocenters. The molecule has 0 saturated heterocycles. The Labute approximate surface area is 107 Å². The van der Waals surface area contributed by atoms with Crippen molar-refractivity contribution in [2.45, 2.75) is 32.9 Å². The van der Waals surface area contributed by atoms with Crippen LogP contribution in [0.2, 0.25) is 0 Å². The Morgan fingerprint density at radius 3 is 2.94 bits per heavy atom. The molecule has 4 nitrogen and oxygen atoms in total. The number of rotatable bonds is 5. The van der Waals surface area contributed by atoms with Gasteiger partial charge in [-0.2, -0.15) is 5.10 Å². The summed E-state index contributed by atoms with van der Waals surface area (Å²) in [4.78, 5) is 0. The maximum Gasteiger partial charge on any atom is 0.124 e. The first kappa shape index (κ1) is 13.6. The van der Waals surface area contributed by atoms with E-state index in [4.69, 9.17) is 4.42 Å². The quantitative estimate of drug-likeness (QED) is 0.890. The van der Waals surface area contributed by atoms with E-state index in [0.29, 0.717) is 6.04 Å². The van der Waals surface area contributed by atoms with E-state index in [-0.39, 0.29) is 12.4 Å². The molecule has 94 valence electrons. The maximum absolute atomic E-state index is 5.02. The highest BCUT2D eigenvalue weighted by Gasteiger charge is 2.07. The topological polar surface area (TPSA) is 43.0 Å². The van der Waals surface area contributed by atoms with Crippen molar-refractivity contribution in [2.24, 2.45) is 0 Å². The third-order valence-electron chi connectivity index (χ3n) is 2.73. The van der Waals surface area contributed by atoms with Gasteiger partial charge in [0.25, 0.3) is 0 Å². The molecule has 0 aromatic carbocycles. The Bertz CT molecular complexity index is 425. The fourth-order valence-corrected chi connectivity index (χ4v) is 1.56.